The molecule has 0 aliphatic heterocycles. The zero-order chi connectivity index (χ0) is 12.1. The fraction of sp³-hybridized carbons (Fsp3) is 0.364. The van der Waals surface area contributed by atoms with E-state index in [1.807, 2.05) is 13.8 Å². The molecule has 0 aliphatic rings. The van der Waals surface area contributed by atoms with Crippen LogP contribution in [0, 0.1) is 17.6 Å². The molecule has 0 saturated carbocycles. The van der Waals surface area contributed by atoms with Crippen LogP contribution in [0.3, 0.4) is 0 Å². The van der Waals surface area contributed by atoms with Crippen molar-refractivity contribution in [1.82, 2.24) is 0 Å². The van der Waals surface area contributed by atoms with Crippen LogP contribution in [0.1, 0.15) is 13.8 Å². The third kappa shape index (κ3) is 3.84. The van der Waals surface area contributed by atoms with Crippen molar-refractivity contribution in [2.75, 3.05) is 6.61 Å². The molecule has 5 heteroatoms. The van der Waals surface area contributed by atoms with Crippen LogP contribution in [0.25, 0.3) is 0 Å². The van der Waals surface area contributed by atoms with E-state index >= 15 is 0 Å². The second-order valence-electron chi connectivity index (χ2n) is 3.63. The molecule has 0 fully saturated rings. The van der Waals surface area contributed by atoms with E-state index in [1.165, 1.54) is 0 Å². The van der Waals surface area contributed by atoms with Crippen molar-refractivity contribution in [3.05, 3.63) is 29.8 Å². The van der Waals surface area contributed by atoms with Crippen LogP contribution in [0.2, 0.25) is 0 Å². The Morgan fingerprint density at radius 2 is 2.06 bits per heavy atom. The first-order valence-electron chi connectivity index (χ1n) is 4.78. The summed E-state index contributed by atoms with van der Waals surface area (Å²) < 4.78 is 34.8. The number of benzene rings is 1. The molecule has 16 heavy (non-hydrogen) atoms. The lowest BCUT2D eigenvalue weighted by Gasteiger charge is -2.08. The summed E-state index contributed by atoms with van der Waals surface area (Å²) in [5.74, 6) is -1.87. The Morgan fingerprint density at radius 1 is 1.38 bits per heavy atom. The molecule has 0 aliphatic carbocycles. The molecule has 0 spiro atoms. The molecule has 0 bridgehead atoms. The van der Waals surface area contributed by atoms with Gasteiger partial charge in [0, 0.05) is 6.07 Å². The number of hydrogen-bond acceptors (Lipinski definition) is 3. The van der Waals surface area contributed by atoms with Crippen LogP contribution in [0.4, 0.5) is 13.6 Å². The molecule has 0 radical (unpaired) electrons. The van der Waals surface area contributed by atoms with Gasteiger partial charge in [0.1, 0.15) is 5.82 Å². The Kier molecular flexibility index (Phi) is 4.22. The molecular formula is C11H12F2O3. The number of rotatable bonds is 3. The van der Waals surface area contributed by atoms with Crippen LogP contribution >= 0.6 is 0 Å². The monoisotopic (exact) mass is 230 g/mol. The Bertz CT molecular complexity index is 377. The summed E-state index contributed by atoms with van der Waals surface area (Å²) in [6.45, 7) is 3.89. The van der Waals surface area contributed by atoms with Crippen LogP contribution in [-0.4, -0.2) is 12.8 Å². The van der Waals surface area contributed by atoms with Crippen LogP contribution in [0.5, 0.6) is 5.75 Å². The fourth-order valence-electron chi connectivity index (χ4n) is 0.912. The van der Waals surface area contributed by atoms with Crippen LogP contribution in [0.15, 0.2) is 18.2 Å². The van der Waals surface area contributed by atoms with E-state index in [1.54, 1.807) is 0 Å². The van der Waals surface area contributed by atoms with Gasteiger partial charge in [-0.25, -0.2) is 13.6 Å². The highest BCUT2D eigenvalue weighted by atomic mass is 19.1. The molecular weight excluding hydrogens is 218 g/mol. The lowest BCUT2D eigenvalue weighted by molar-refractivity contribution is 0.0871. The van der Waals surface area contributed by atoms with Gasteiger partial charge in [-0.3, -0.25) is 0 Å². The highest BCUT2D eigenvalue weighted by Gasteiger charge is 2.11. The van der Waals surface area contributed by atoms with E-state index in [2.05, 4.69) is 9.47 Å². The fourth-order valence-corrected chi connectivity index (χ4v) is 0.912. The maximum atomic E-state index is 13.0. The second-order valence-corrected chi connectivity index (χ2v) is 3.63. The number of halogens is 2. The van der Waals surface area contributed by atoms with Gasteiger partial charge < -0.3 is 9.47 Å². The SMILES string of the molecule is CC(C)COC(=O)Oc1ccc(F)cc1F. The molecule has 0 heterocycles. The molecule has 3 nitrogen and oxygen atoms in total. The third-order valence-corrected chi connectivity index (χ3v) is 1.62. The zero-order valence-corrected chi connectivity index (χ0v) is 9.00. The predicted molar refractivity (Wildman–Crippen MR) is 53.2 cm³/mol. The summed E-state index contributed by atoms with van der Waals surface area (Å²) in [5.41, 5.74) is 0. The molecule has 1 aromatic rings. The average molecular weight is 230 g/mol. The van der Waals surface area contributed by atoms with E-state index in [0.717, 1.165) is 12.1 Å². The number of carbonyl (C=O) groups excluding carboxylic acids is 1. The lowest BCUT2D eigenvalue weighted by atomic mass is 10.2. The Morgan fingerprint density at radius 3 is 2.62 bits per heavy atom. The van der Waals surface area contributed by atoms with Gasteiger partial charge in [0.2, 0.25) is 0 Å². The summed E-state index contributed by atoms with van der Waals surface area (Å²) >= 11 is 0. The lowest BCUT2D eigenvalue weighted by Crippen LogP contribution is -2.14. The normalized spacial score (nSPS) is 10.3. The average Bonchev–Trinajstić information content (AvgIpc) is 2.19. The minimum Gasteiger partial charge on any atom is -0.434 e. The maximum absolute atomic E-state index is 13.0. The number of ether oxygens (including phenoxy) is 2. The largest absolute Gasteiger partial charge is 0.513 e. The van der Waals surface area contributed by atoms with Gasteiger partial charge in [-0.2, -0.15) is 0 Å². The van der Waals surface area contributed by atoms with Crippen molar-refractivity contribution < 1.29 is 23.0 Å². The van der Waals surface area contributed by atoms with Gasteiger partial charge in [-0.15, -0.1) is 0 Å². The molecule has 0 atom stereocenters. The van der Waals surface area contributed by atoms with Gasteiger partial charge in [0.25, 0.3) is 0 Å². The number of carbonyl (C=O) groups is 1. The minimum absolute atomic E-state index is 0.158. The van der Waals surface area contributed by atoms with E-state index in [9.17, 15) is 13.6 Å². The molecule has 0 N–H and O–H groups in total. The summed E-state index contributed by atoms with van der Waals surface area (Å²) in [7, 11) is 0. The van der Waals surface area contributed by atoms with Crippen molar-refractivity contribution in [2.45, 2.75) is 13.8 Å². The zero-order valence-electron chi connectivity index (χ0n) is 9.00. The standard InChI is InChI=1S/C11H12F2O3/c1-7(2)6-15-11(14)16-10-4-3-8(12)5-9(10)13/h3-5,7H,6H2,1-2H3. The van der Waals surface area contributed by atoms with Crippen LogP contribution < -0.4 is 4.74 Å². The molecule has 0 amide bonds. The van der Waals surface area contributed by atoms with Gasteiger partial charge in [-0.05, 0) is 18.1 Å². The first-order valence-corrected chi connectivity index (χ1v) is 4.78. The van der Waals surface area contributed by atoms with Crippen molar-refractivity contribution in [1.29, 1.82) is 0 Å². The van der Waals surface area contributed by atoms with Crippen LogP contribution in [-0.2, 0) is 4.74 Å². The predicted octanol–water partition coefficient (Wildman–Crippen LogP) is 3.14. The molecule has 0 saturated heterocycles. The van der Waals surface area contributed by atoms with Crippen molar-refractivity contribution in [3.8, 4) is 5.75 Å². The summed E-state index contributed by atoms with van der Waals surface area (Å²) in [6.07, 6.45) is -1.00. The molecule has 0 unspecified atom stereocenters. The molecule has 1 aromatic carbocycles. The van der Waals surface area contributed by atoms with E-state index in [4.69, 9.17) is 0 Å². The Labute approximate surface area is 92.0 Å². The summed E-state index contributed by atoms with van der Waals surface area (Å²) in [6, 6.07) is 2.65. The summed E-state index contributed by atoms with van der Waals surface area (Å²) in [5, 5.41) is 0. The topological polar surface area (TPSA) is 35.5 Å². The van der Waals surface area contributed by atoms with Crippen molar-refractivity contribution in [3.63, 3.8) is 0 Å². The second kappa shape index (κ2) is 5.44. The molecule has 0 aromatic heterocycles. The smallest absolute Gasteiger partial charge is 0.434 e. The first-order chi connectivity index (χ1) is 7.49. The van der Waals surface area contributed by atoms with E-state index in [0.29, 0.717) is 6.07 Å². The number of hydrogen-bond donors (Lipinski definition) is 0. The minimum atomic E-state index is -1.00. The quantitative estimate of drug-likeness (QED) is 0.591. The first kappa shape index (κ1) is 12.4. The maximum Gasteiger partial charge on any atom is 0.513 e. The Balaban J connectivity index is 2.56. The van der Waals surface area contributed by atoms with E-state index in [-0.39, 0.29) is 18.3 Å². The highest BCUT2D eigenvalue weighted by Crippen LogP contribution is 2.18. The van der Waals surface area contributed by atoms with Gasteiger partial charge in [0.15, 0.2) is 11.6 Å². The van der Waals surface area contributed by atoms with Crippen molar-refractivity contribution >= 4 is 6.16 Å². The highest BCUT2D eigenvalue weighted by molar-refractivity contribution is 5.63. The van der Waals surface area contributed by atoms with Crippen molar-refractivity contribution in [2.24, 2.45) is 5.92 Å². The molecule has 88 valence electrons. The Hall–Kier alpha value is -1.65. The van der Waals surface area contributed by atoms with Gasteiger partial charge in [-0.1, -0.05) is 13.8 Å². The van der Waals surface area contributed by atoms with Gasteiger partial charge in [0.05, 0.1) is 6.61 Å². The summed E-state index contributed by atoms with van der Waals surface area (Å²) in [4.78, 5) is 11.0. The van der Waals surface area contributed by atoms with E-state index < -0.39 is 17.8 Å². The third-order valence-electron chi connectivity index (χ3n) is 1.62. The van der Waals surface area contributed by atoms with Gasteiger partial charge >= 0.3 is 6.16 Å². The molecule has 1 rings (SSSR count).